The van der Waals surface area contributed by atoms with Crippen molar-refractivity contribution in [3.8, 4) is 0 Å². The Kier molecular flexibility index (Phi) is 4.47. The molecule has 1 heterocycles. The van der Waals surface area contributed by atoms with Crippen LogP contribution >= 0.6 is 15.9 Å². The van der Waals surface area contributed by atoms with Crippen molar-refractivity contribution in [1.29, 1.82) is 0 Å². The molecule has 0 aliphatic heterocycles. The number of benzene rings is 1. The Bertz CT molecular complexity index is 492. The third-order valence-electron chi connectivity index (χ3n) is 2.88. The highest BCUT2D eigenvalue weighted by atomic mass is 79.9. The number of aromatic nitrogens is 4. The highest BCUT2D eigenvalue weighted by molar-refractivity contribution is 9.09. The lowest BCUT2D eigenvalue weighted by molar-refractivity contribution is 0.566. The van der Waals surface area contributed by atoms with Gasteiger partial charge in [0.1, 0.15) is 0 Å². The summed E-state index contributed by atoms with van der Waals surface area (Å²) in [5.41, 5.74) is 2.65. The Labute approximate surface area is 116 Å². The summed E-state index contributed by atoms with van der Waals surface area (Å²) in [4.78, 5) is 1.51. The van der Waals surface area contributed by atoms with Crippen molar-refractivity contribution in [2.75, 3.05) is 5.33 Å². The first-order chi connectivity index (χ1) is 8.67. The van der Waals surface area contributed by atoms with E-state index in [0.29, 0.717) is 5.92 Å². The fourth-order valence-corrected chi connectivity index (χ4v) is 2.36. The largest absolute Gasteiger partial charge is 0.175 e. The zero-order valence-electron chi connectivity index (χ0n) is 10.7. The van der Waals surface area contributed by atoms with Gasteiger partial charge in [-0.05, 0) is 30.0 Å². The third-order valence-corrected chi connectivity index (χ3v) is 3.80. The third kappa shape index (κ3) is 3.63. The quantitative estimate of drug-likeness (QED) is 0.796. The molecule has 2 aromatic rings. The summed E-state index contributed by atoms with van der Waals surface area (Å²) in [7, 11) is 1.79. The van der Waals surface area contributed by atoms with E-state index in [1.807, 2.05) is 0 Å². The van der Waals surface area contributed by atoms with Crippen LogP contribution in [0.3, 0.4) is 0 Å². The van der Waals surface area contributed by atoms with Gasteiger partial charge < -0.3 is 0 Å². The topological polar surface area (TPSA) is 43.6 Å². The smallest absolute Gasteiger partial charge is 0.167 e. The highest BCUT2D eigenvalue weighted by Crippen LogP contribution is 2.15. The number of hydrogen-bond donors (Lipinski definition) is 0. The molecule has 0 aliphatic rings. The van der Waals surface area contributed by atoms with Crippen LogP contribution in [0.15, 0.2) is 24.3 Å². The molecule has 0 bridgehead atoms. The molecule has 1 aromatic carbocycles. The zero-order valence-corrected chi connectivity index (χ0v) is 12.3. The normalized spacial score (nSPS) is 12.6. The minimum atomic E-state index is 0.497. The van der Waals surface area contributed by atoms with Crippen molar-refractivity contribution in [2.24, 2.45) is 13.0 Å². The van der Waals surface area contributed by atoms with E-state index in [1.165, 1.54) is 15.9 Å². The molecule has 1 aromatic heterocycles. The van der Waals surface area contributed by atoms with Gasteiger partial charge in [-0.2, -0.15) is 4.80 Å². The van der Waals surface area contributed by atoms with E-state index in [4.69, 9.17) is 0 Å². The predicted molar refractivity (Wildman–Crippen MR) is 74.7 cm³/mol. The van der Waals surface area contributed by atoms with Crippen molar-refractivity contribution < 1.29 is 0 Å². The van der Waals surface area contributed by atoms with Crippen molar-refractivity contribution in [3.63, 3.8) is 0 Å². The van der Waals surface area contributed by atoms with Crippen LogP contribution in [-0.2, 0) is 19.9 Å². The van der Waals surface area contributed by atoms with Gasteiger partial charge in [-0.15, -0.1) is 10.2 Å². The number of alkyl halides is 1. The van der Waals surface area contributed by atoms with Crippen LogP contribution in [0.5, 0.6) is 0 Å². The minimum absolute atomic E-state index is 0.497. The average molecular weight is 309 g/mol. The zero-order chi connectivity index (χ0) is 13.0. The summed E-state index contributed by atoms with van der Waals surface area (Å²) < 4.78 is 0. The number of rotatable bonds is 5. The van der Waals surface area contributed by atoms with Crippen molar-refractivity contribution in [2.45, 2.75) is 19.8 Å². The first kappa shape index (κ1) is 13.2. The van der Waals surface area contributed by atoms with Gasteiger partial charge in [0.2, 0.25) is 0 Å². The molecule has 18 heavy (non-hydrogen) atoms. The molecule has 5 heteroatoms. The molecule has 0 fully saturated rings. The number of nitrogens with zero attached hydrogens (tertiary/aromatic N) is 4. The van der Waals surface area contributed by atoms with Gasteiger partial charge in [0.15, 0.2) is 5.82 Å². The molecular formula is C13H17BrN4. The second kappa shape index (κ2) is 6.09. The monoisotopic (exact) mass is 308 g/mol. The molecule has 0 spiro atoms. The molecule has 0 saturated carbocycles. The number of aryl methyl sites for hydroxylation is 2. The fraction of sp³-hybridized carbons (Fsp3) is 0.462. The van der Waals surface area contributed by atoms with Gasteiger partial charge in [0.25, 0.3) is 0 Å². The maximum Gasteiger partial charge on any atom is 0.175 e. The van der Waals surface area contributed by atoms with Crippen molar-refractivity contribution in [3.05, 3.63) is 41.2 Å². The summed E-state index contributed by atoms with van der Waals surface area (Å²) in [5.74, 6) is 1.31. The van der Waals surface area contributed by atoms with Gasteiger partial charge in [0.05, 0.1) is 7.05 Å². The standard InChI is InChI=1S/C13H17BrN4/c1-10-3-5-11(6-4-10)7-12(9-14)8-13-15-17-18(2)16-13/h3-6,12H,7-9H2,1-2H3. The molecule has 0 amide bonds. The predicted octanol–water partition coefficient (Wildman–Crippen LogP) is 2.31. The fourth-order valence-electron chi connectivity index (χ4n) is 1.90. The second-order valence-electron chi connectivity index (χ2n) is 4.61. The van der Waals surface area contributed by atoms with Crippen LogP contribution in [-0.4, -0.2) is 25.5 Å². The SMILES string of the molecule is Cc1ccc(CC(CBr)Cc2nnn(C)n2)cc1. The van der Waals surface area contributed by atoms with E-state index in [1.54, 1.807) is 7.05 Å². The van der Waals surface area contributed by atoms with E-state index >= 15 is 0 Å². The summed E-state index contributed by atoms with van der Waals surface area (Å²) in [5, 5.41) is 13.1. The number of hydrogen-bond acceptors (Lipinski definition) is 3. The first-order valence-corrected chi connectivity index (χ1v) is 7.14. The van der Waals surface area contributed by atoms with Crippen LogP contribution in [0.2, 0.25) is 0 Å². The highest BCUT2D eigenvalue weighted by Gasteiger charge is 2.12. The molecule has 4 nitrogen and oxygen atoms in total. The molecule has 0 N–H and O–H groups in total. The van der Waals surface area contributed by atoms with Gasteiger partial charge in [-0.3, -0.25) is 0 Å². The summed E-state index contributed by atoms with van der Waals surface area (Å²) >= 11 is 3.57. The summed E-state index contributed by atoms with van der Waals surface area (Å²) in [6.45, 7) is 2.11. The molecule has 0 radical (unpaired) electrons. The lowest BCUT2D eigenvalue weighted by Crippen LogP contribution is -2.11. The second-order valence-corrected chi connectivity index (χ2v) is 5.26. The van der Waals surface area contributed by atoms with Crippen LogP contribution in [0.25, 0.3) is 0 Å². The minimum Gasteiger partial charge on any atom is -0.167 e. The molecule has 2 rings (SSSR count). The molecule has 1 unspecified atom stereocenters. The number of halogens is 1. The van der Waals surface area contributed by atoms with E-state index in [2.05, 4.69) is 62.5 Å². The first-order valence-electron chi connectivity index (χ1n) is 6.01. The van der Waals surface area contributed by atoms with E-state index in [-0.39, 0.29) is 0 Å². The van der Waals surface area contributed by atoms with Gasteiger partial charge >= 0.3 is 0 Å². The van der Waals surface area contributed by atoms with E-state index < -0.39 is 0 Å². The molecule has 96 valence electrons. The summed E-state index contributed by atoms with van der Waals surface area (Å²) in [6, 6.07) is 8.69. The van der Waals surface area contributed by atoms with Crippen molar-refractivity contribution >= 4 is 15.9 Å². The van der Waals surface area contributed by atoms with Gasteiger partial charge in [-0.25, -0.2) is 0 Å². The Hall–Kier alpha value is -1.23. The van der Waals surface area contributed by atoms with Crippen LogP contribution in [0, 0.1) is 12.8 Å². The summed E-state index contributed by atoms with van der Waals surface area (Å²) in [6.07, 6.45) is 1.89. The Morgan fingerprint density at radius 3 is 2.50 bits per heavy atom. The van der Waals surface area contributed by atoms with Crippen LogP contribution in [0.1, 0.15) is 17.0 Å². The van der Waals surface area contributed by atoms with Gasteiger partial charge in [0, 0.05) is 11.8 Å². The number of tetrazole rings is 1. The lowest BCUT2D eigenvalue weighted by atomic mass is 9.97. The van der Waals surface area contributed by atoms with Crippen molar-refractivity contribution in [1.82, 2.24) is 20.2 Å². The Morgan fingerprint density at radius 2 is 1.94 bits per heavy atom. The molecule has 1 atom stereocenters. The van der Waals surface area contributed by atoms with Gasteiger partial charge in [-0.1, -0.05) is 45.8 Å². The van der Waals surface area contributed by atoms with Crippen LogP contribution in [0.4, 0.5) is 0 Å². The van der Waals surface area contributed by atoms with E-state index in [9.17, 15) is 0 Å². The lowest BCUT2D eigenvalue weighted by Gasteiger charge is -2.11. The molecule has 0 aliphatic carbocycles. The Morgan fingerprint density at radius 1 is 1.22 bits per heavy atom. The maximum atomic E-state index is 4.23. The maximum absolute atomic E-state index is 4.23. The Balaban J connectivity index is 1.99. The van der Waals surface area contributed by atoms with Crippen LogP contribution < -0.4 is 0 Å². The molecule has 0 saturated heterocycles. The van der Waals surface area contributed by atoms with E-state index in [0.717, 1.165) is 24.0 Å². The average Bonchev–Trinajstić information content (AvgIpc) is 2.77. The molecular weight excluding hydrogens is 292 g/mol.